The number of nitrogens with one attached hydrogen (secondary N) is 1. The number of aryl methyl sites for hydroxylation is 2. The predicted octanol–water partition coefficient (Wildman–Crippen LogP) is 6.45. The molecule has 0 aliphatic rings. The standard InChI is InChI=1S/C31H40N4O6S/c1-5-22-17-23(6-2)27(18-26(22)36)41-16-10-9-15-31(3,4)21-33-30(37)25-13-14-29(32-19-25)35-34-20-24-11-7-8-12-28(24)42(38,39)40/h7-8,11-14,17-19,36H,5-6,9-10,15-16,20-21H2,1-4H3,(H,33,37)(H,38,39,40). The number of rotatable bonds is 15. The molecule has 0 spiro atoms. The number of aromatic hydroxyl groups is 1. The number of aromatic nitrogens is 1. The van der Waals surface area contributed by atoms with Gasteiger partial charge in [-0.3, -0.25) is 9.35 Å². The highest BCUT2D eigenvalue weighted by Crippen LogP contribution is 2.30. The van der Waals surface area contributed by atoms with Crippen LogP contribution < -0.4 is 10.1 Å². The molecular weight excluding hydrogens is 556 g/mol. The van der Waals surface area contributed by atoms with E-state index in [2.05, 4.69) is 41.3 Å². The van der Waals surface area contributed by atoms with E-state index in [0.29, 0.717) is 24.3 Å². The maximum Gasteiger partial charge on any atom is 0.294 e. The number of hydrogen-bond donors (Lipinski definition) is 3. The fourth-order valence-corrected chi connectivity index (χ4v) is 5.12. The molecule has 0 saturated heterocycles. The summed E-state index contributed by atoms with van der Waals surface area (Å²) in [5.74, 6) is 1.03. The zero-order valence-corrected chi connectivity index (χ0v) is 25.4. The van der Waals surface area contributed by atoms with Gasteiger partial charge in [-0.15, -0.1) is 5.11 Å². The number of nitrogens with zero attached hydrogens (tertiary/aromatic N) is 3. The van der Waals surface area contributed by atoms with Crippen LogP contribution in [0.3, 0.4) is 0 Å². The molecule has 1 aromatic heterocycles. The number of amides is 1. The van der Waals surface area contributed by atoms with Crippen LogP contribution >= 0.6 is 0 Å². The van der Waals surface area contributed by atoms with Crippen molar-refractivity contribution in [1.29, 1.82) is 0 Å². The molecular formula is C31H40N4O6S. The quantitative estimate of drug-likeness (QED) is 0.104. The first-order valence-electron chi connectivity index (χ1n) is 14.1. The van der Waals surface area contributed by atoms with Gasteiger partial charge in [0.1, 0.15) is 11.5 Å². The Balaban J connectivity index is 1.43. The summed E-state index contributed by atoms with van der Waals surface area (Å²) in [7, 11) is -4.36. The van der Waals surface area contributed by atoms with Crippen molar-refractivity contribution in [2.75, 3.05) is 13.2 Å². The number of ether oxygens (including phenoxy) is 1. The second-order valence-electron chi connectivity index (χ2n) is 10.8. The third-order valence-electron chi connectivity index (χ3n) is 6.93. The van der Waals surface area contributed by atoms with E-state index >= 15 is 0 Å². The highest BCUT2D eigenvalue weighted by Gasteiger charge is 2.19. The van der Waals surface area contributed by atoms with Gasteiger partial charge in [-0.25, -0.2) is 4.98 Å². The molecule has 3 aromatic rings. The fourth-order valence-electron chi connectivity index (χ4n) is 4.41. The molecule has 3 rings (SSSR count). The first kappa shape index (κ1) is 32.7. The third kappa shape index (κ3) is 9.63. The van der Waals surface area contributed by atoms with E-state index in [1.165, 1.54) is 18.3 Å². The van der Waals surface area contributed by atoms with Crippen molar-refractivity contribution < 1.29 is 27.6 Å². The summed E-state index contributed by atoms with van der Waals surface area (Å²) in [6.07, 6.45) is 5.72. The molecule has 1 heterocycles. The van der Waals surface area contributed by atoms with E-state index in [1.54, 1.807) is 30.3 Å². The average Bonchev–Trinajstić information content (AvgIpc) is 2.96. The highest BCUT2D eigenvalue weighted by atomic mass is 32.2. The van der Waals surface area contributed by atoms with Crippen molar-refractivity contribution in [3.8, 4) is 11.5 Å². The summed E-state index contributed by atoms with van der Waals surface area (Å²) in [5.41, 5.74) is 2.60. The van der Waals surface area contributed by atoms with Gasteiger partial charge < -0.3 is 15.2 Å². The second kappa shape index (κ2) is 14.9. The van der Waals surface area contributed by atoms with Gasteiger partial charge in [0.25, 0.3) is 16.0 Å². The summed E-state index contributed by atoms with van der Waals surface area (Å²) in [6.45, 7) is 9.29. The second-order valence-corrected chi connectivity index (χ2v) is 12.2. The van der Waals surface area contributed by atoms with Gasteiger partial charge in [-0.1, -0.05) is 45.9 Å². The van der Waals surface area contributed by atoms with E-state index in [9.17, 15) is 22.9 Å². The number of phenols is 1. The minimum atomic E-state index is -4.36. The number of pyridine rings is 1. The van der Waals surface area contributed by atoms with E-state index in [0.717, 1.165) is 49.0 Å². The monoisotopic (exact) mass is 596 g/mol. The topological polar surface area (TPSA) is 151 Å². The number of azo groups is 1. The molecule has 226 valence electrons. The van der Waals surface area contributed by atoms with E-state index in [-0.39, 0.29) is 34.3 Å². The molecule has 0 aliphatic heterocycles. The van der Waals surface area contributed by atoms with Crippen LogP contribution in [0.5, 0.6) is 11.5 Å². The van der Waals surface area contributed by atoms with Crippen LogP contribution in [0.15, 0.2) is 69.9 Å². The summed E-state index contributed by atoms with van der Waals surface area (Å²) in [4.78, 5) is 16.6. The van der Waals surface area contributed by atoms with Gasteiger partial charge in [-0.05, 0) is 78.5 Å². The highest BCUT2D eigenvalue weighted by molar-refractivity contribution is 7.85. The van der Waals surface area contributed by atoms with Crippen molar-refractivity contribution in [1.82, 2.24) is 10.3 Å². The number of hydrogen-bond acceptors (Lipinski definition) is 8. The Morgan fingerprint density at radius 3 is 2.43 bits per heavy atom. The molecule has 2 aromatic carbocycles. The molecule has 11 heteroatoms. The zero-order valence-electron chi connectivity index (χ0n) is 24.6. The van der Waals surface area contributed by atoms with Crippen LogP contribution in [0.2, 0.25) is 0 Å². The predicted molar refractivity (Wildman–Crippen MR) is 161 cm³/mol. The molecule has 0 saturated carbocycles. The molecule has 0 unspecified atom stereocenters. The largest absolute Gasteiger partial charge is 0.508 e. The first-order chi connectivity index (χ1) is 19.9. The number of benzene rings is 2. The minimum Gasteiger partial charge on any atom is -0.508 e. The Kier molecular flexibility index (Phi) is 11.6. The summed E-state index contributed by atoms with van der Waals surface area (Å²) in [6, 6.07) is 12.9. The van der Waals surface area contributed by atoms with Gasteiger partial charge in [0.05, 0.1) is 23.6 Å². The molecule has 1 amide bonds. The summed E-state index contributed by atoms with van der Waals surface area (Å²) in [5, 5.41) is 21.1. The maximum absolute atomic E-state index is 12.7. The zero-order chi connectivity index (χ0) is 30.8. The van der Waals surface area contributed by atoms with Crippen LogP contribution in [-0.2, 0) is 29.5 Å². The molecule has 0 radical (unpaired) electrons. The number of carbonyl (C=O) groups is 1. The summed E-state index contributed by atoms with van der Waals surface area (Å²) >= 11 is 0. The van der Waals surface area contributed by atoms with Crippen molar-refractivity contribution in [2.45, 2.75) is 71.2 Å². The first-order valence-corrected chi connectivity index (χ1v) is 15.5. The van der Waals surface area contributed by atoms with E-state index in [4.69, 9.17) is 4.74 Å². The molecule has 10 nitrogen and oxygen atoms in total. The van der Waals surface area contributed by atoms with Crippen LogP contribution in [0.1, 0.15) is 74.0 Å². The fraction of sp³-hybridized carbons (Fsp3) is 0.419. The number of unbranched alkanes of at least 4 members (excludes halogenated alkanes) is 1. The Morgan fingerprint density at radius 1 is 1.02 bits per heavy atom. The number of carbonyl (C=O) groups excluding carboxylic acids is 1. The Bertz CT molecular complexity index is 1490. The van der Waals surface area contributed by atoms with Crippen LogP contribution in [0, 0.1) is 5.41 Å². The smallest absolute Gasteiger partial charge is 0.294 e. The Morgan fingerprint density at radius 2 is 1.76 bits per heavy atom. The molecule has 0 aliphatic carbocycles. The lowest BCUT2D eigenvalue weighted by Crippen LogP contribution is -2.34. The van der Waals surface area contributed by atoms with E-state index in [1.807, 2.05) is 13.0 Å². The van der Waals surface area contributed by atoms with Gasteiger partial charge >= 0.3 is 0 Å². The molecule has 0 bridgehead atoms. The SMILES string of the molecule is CCc1cc(CC)c(OCCCCC(C)(C)CNC(=O)c2ccc(N=NCc3ccccc3S(=O)(=O)O)nc2)cc1O. The minimum absolute atomic E-state index is 0.0590. The molecule has 0 atom stereocenters. The van der Waals surface area contributed by atoms with Crippen LogP contribution in [-0.4, -0.2) is 42.1 Å². The Hall–Kier alpha value is -3.83. The van der Waals surface area contributed by atoms with Gasteiger partial charge in [0, 0.05) is 18.8 Å². The molecule has 3 N–H and O–H groups in total. The van der Waals surface area contributed by atoms with Gasteiger partial charge in [-0.2, -0.15) is 13.5 Å². The lowest BCUT2D eigenvalue weighted by atomic mass is 9.87. The Labute approximate surface area is 248 Å². The molecule has 0 fully saturated rings. The maximum atomic E-state index is 12.7. The summed E-state index contributed by atoms with van der Waals surface area (Å²) < 4.78 is 38.3. The third-order valence-corrected chi connectivity index (χ3v) is 7.89. The normalized spacial score (nSPS) is 12.0. The van der Waals surface area contributed by atoms with Gasteiger partial charge in [0.2, 0.25) is 0 Å². The van der Waals surface area contributed by atoms with Crippen molar-refractivity contribution in [2.24, 2.45) is 15.6 Å². The van der Waals surface area contributed by atoms with Crippen molar-refractivity contribution in [3.63, 3.8) is 0 Å². The number of phenolic OH excluding ortho intramolecular Hbond substituents is 1. The van der Waals surface area contributed by atoms with Crippen LogP contribution in [0.4, 0.5) is 5.82 Å². The van der Waals surface area contributed by atoms with Crippen LogP contribution in [0.25, 0.3) is 0 Å². The molecule has 42 heavy (non-hydrogen) atoms. The van der Waals surface area contributed by atoms with Gasteiger partial charge in [0.15, 0.2) is 5.82 Å². The van der Waals surface area contributed by atoms with Crippen molar-refractivity contribution >= 4 is 21.8 Å². The lowest BCUT2D eigenvalue weighted by molar-refractivity contribution is 0.0933. The lowest BCUT2D eigenvalue weighted by Gasteiger charge is -2.25. The van der Waals surface area contributed by atoms with E-state index < -0.39 is 10.1 Å². The van der Waals surface area contributed by atoms with Crippen molar-refractivity contribution in [3.05, 3.63) is 77.0 Å². The average molecular weight is 597 g/mol.